The van der Waals surface area contributed by atoms with Crippen LogP contribution in [-0.4, -0.2) is 17.0 Å². The fraction of sp³-hybridized carbons (Fsp3) is 0.0667. The summed E-state index contributed by atoms with van der Waals surface area (Å²) in [6, 6.07) is 10.9. The fourth-order valence-corrected chi connectivity index (χ4v) is 2.03. The van der Waals surface area contributed by atoms with Gasteiger partial charge in [-0.25, -0.2) is 5.43 Å². The predicted molar refractivity (Wildman–Crippen MR) is 84.3 cm³/mol. The summed E-state index contributed by atoms with van der Waals surface area (Å²) in [4.78, 5) is 22.0. The van der Waals surface area contributed by atoms with Gasteiger partial charge < -0.3 is 0 Å². The highest BCUT2D eigenvalue weighted by molar-refractivity contribution is 6.33. The van der Waals surface area contributed by atoms with Crippen molar-refractivity contribution < 1.29 is 9.72 Å². The molecule has 1 N–H and O–H groups in total. The van der Waals surface area contributed by atoms with Crippen molar-refractivity contribution in [2.75, 3.05) is 0 Å². The molecule has 0 unspecified atom stereocenters. The van der Waals surface area contributed by atoms with E-state index in [9.17, 15) is 14.9 Å². The van der Waals surface area contributed by atoms with Crippen LogP contribution in [0.3, 0.4) is 0 Å². The molecule has 2 aromatic rings. The number of hydrogen-bond donors (Lipinski definition) is 1. The molecule has 112 valence electrons. The highest BCUT2D eigenvalue weighted by Gasteiger charge is 2.09. The number of non-ortho nitro benzene ring substituents is 1. The van der Waals surface area contributed by atoms with Crippen molar-refractivity contribution in [1.29, 1.82) is 0 Å². The van der Waals surface area contributed by atoms with Crippen LogP contribution in [0.1, 0.15) is 21.5 Å². The van der Waals surface area contributed by atoms with E-state index in [2.05, 4.69) is 10.5 Å². The van der Waals surface area contributed by atoms with Gasteiger partial charge >= 0.3 is 0 Å². The molecule has 6 nitrogen and oxygen atoms in total. The first kappa shape index (κ1) is 15.7. The molecule has 0 spiro atoms. The quantitative estimate of drug-likeness (QED) is 0.533. The Kier molecular flexibility index (Phi) is 4.85. The molecule has 0 bridgehead atoms. The maximum Gasteiger partial charge on any atom is 0.272 e. The van der Waals surface area contributed by atoms with Crippen LogP contribution in [-0.2, 0) is 0 Å². The lowest BCUT2D eigenvalue weighted by Gasteiger charge is -2.03. The van der Waals surface area contributed by atoms with Crippen molar-refractivity contribution in [3.8, 4) is 0 Å². The van der Waals surface area contributed by atoms with E-state index in [1.807, 2.05) is 6.92 Å². The first-order valence-corrected chi connectivity index (χ1v) is 6.69. The van der Waals surface area contributed by atoms with Crippen molar-refractivity contribution >= 4 is 29.4 Å². The van der Waals surface area contributed by atoms with Gasteiger partial charge in [-0.1, -0.05) is 17.7 Å². The molecule has 0 fully saturated rings. The van der Waals surface area contributed by atoms with E-state index in [1.165, 1.54) is 30.5 Å². The number of amides is 1. The van der Waals surface area contributed by atoms with E-state index in [-0.39, 0.29) is 5.69 Å². The minimum Gasteiger partial charge on any atom is -0.267 e. The Hall–Kier alpha value is -2.73. The van der Waals surface area contributed by atoms with Crippen LogP contribution in [0.15, 0.2) is 47.6 Å². The van der Waals surface area contributed by atoms with Crippen molar-refractivity contribution in [1.82, 2.24) is 5.43 Å². The number of aryl methyl sites for hydroxylation is 1. The van der Waals surface area contributed by atoms with Gasteiger partial charge in [0.15, 0.2) is 0 Å². The molecule has 0 heterocycles. The number of nitrogens with zero attached hydrogens (tertiary/aromatic N) is 2. The third-order valence-electron chi connectivity index (χ3n) is 2.85. The summed E-state index contributed by atoms with van der Waals surface area (Å²) >= 11 is 5.99. The molecular formula is C15H12ClN3O3. The van der Waals surface area contributed by atoms with Crippen LogP contribution >= 0.6 is 11.6 Å². The molecule has 0 aliphatic heterocycles. The number of benzene rings is 2. The van der Waals surface area contributed by atoms with Crippen molar-refractivity contribution in [2.24, 2.45) is 5.10 Å². The Balaban J connectivity index is 2.02. The third-order valence-corrected chi connectivity index (χ3v) is 3.17. The molecule has 2 aromatic carbocycles. The first-order chi connectivity index (χ1) is 10.5. The first-order valence-electron chi connectivity index (χ1n) is 6.31. The average Bonchev–Trinajstić information content (AvgIpc) is 2.47. The zero-order chi connectivity index (χ0) is 16.1. The molecular weight excluding hydrogens is 306 g/mol. The topological polar surface area (TPSA) is 84.6 Å². The van der Waals surface area contributed by atoms with Gasteiger partial charge in [0.1, 0.15) is 0 Å². The van der Waals surface area contributed by atoms with E-state index >= 15 is 0 Å². The fourth-order valence-electron chi connectivity index (χ4n) is 1.71. The SMILES string of the molecule is Cc1ccc(C(=O)NN=Cc2ccc([N+](=O)[O-])cc2)c(Cl)c1. The van der Waals surface area contributed by atoms with Gasteiger partial charge in [0.25, 0.3) is 11.6 Å². The molecule has 22 heavy (non-hydrogen) atoms. The average molecular weight is 318 g/mol. The number of nitro benzene ring substituents is 1. The number of hydrazone groups is 1. The van der Waals surface area contributed by atoms with Crippen molar-refractivity contribution in [3.63, 3.8) is 0 Å². The summed E-state index contributed by atoms with van der Waals surface area (Å²) < 4.78 is 0. The summed E-state index contributed by atoms with van der Waals surface area (Å²) in [5, 5.41) is 14.7. The molecule has 0 aliphatic carbocycles. The van der Waals surface area contributed by atoms with Gasteiger partial charge in [-0.3, -0.25) is 14.9 Å². The molecule has 0 aromatic heterocycles. The molecule has 2 rings (SSSR count). The van der Waals surface area contributed by atoms with Crippen LogP contribution in [0, 0.1) is 17.0 Å². The Labute approximate surface area is 131 Å². The van der Waals surface area contributed by atoms with Gasteiger partial charge in [0.2, 0.25) is 0 Å². The Bertz CT molecular complexity index is 742. The lowest BCUT2D eigenvalue weighted by Crippen LogP contribution is -2.18. The van der Waals surface area contributed by atoms with E-state index in [0.29, 0.717) is 16.1 Å². The molecule has 1 amide bonds. The van der Waals surface area contributed by atoms with Crippen LogP contribution in [0.4, 0.5) is 5.69 Å². The number of halogens is 1. The third kappa shape index (κ3) is 3.89. The second-order valence-electron chi connectivity index (χ2n) is 4.53. The Morgan fingerprint density at radius 2 is 1.95 bits per heavy atom. The number of hydrogen-bond acceptors (Lipinski definition) is 4. The van der Waals surface area contributed by atoms with E-state index in [4.69, 9.17) is 11.6 Å². The highest BCUT2D eigenvalue weighted by Crippen LogP contribution is 2.17. The number of nitro groups is 1. The monoisotopic (exact) mass is 317 g/mol. The van der Waals surface area contributed by atoms with E-state index in [1.54, 1.807) is 18.2 Å². The predicted octanol–water partition coefficient (Wildman–Crippen LogP) is 3.32. The summed E-state index contributed by atoms with van der Waals surface area (Å²) in [6.45, 7) is 1.88. The zero-order valence-electron chi connectivity index (χ0n) is 11.6. The molecule has 7 heteroatoms. The van der Waals surface area contributed by atoms with Gasteiger partial charge in [0, 0.05) is 12.1 Å². The van der Waals surface area contributed by atoms with Gasteiger partial charge in [-0.05, 0) is 42.3 Å². The molecule has 0 aliphatic rings. The van der Waals surface area contributed by atoms with Crippen molar-refractivity contribution in [2.45, 2.75) is 6.92 Å². The zero-order valence-corrected chi connectivity index (χ0v) is 12.4. The number of carbonyl (C=O) groups is 1. The lowest BCUT2D eigenvalue weighted by atomic mass is 10.1. The standard InChI is InChI=1S/C15H12ClN3O3/c1-10-2-7-13(14(16)8-10)15(20)18-17-9-11-3-5-12(6-4-11)19(21)22/h2-9H,1H3,(H,18,20). The smallest absolute Gasteiger partial charge is 0.267 e. The van der Waals surface area contributed by atoms with Gasteiger partial charge in [0.05, 0.1) is 21.7 Å². The second kappa shape index (κ2) is 6.82. The van der Waals surface area contributed by atoms with Crippen LogP contribution in [0.2, 0.25) is 5.02 Å². The Morgan fingerprint density at radius 3 is 2.55 bits per heavy atom. The summed E-state index contributed by atoms with van der Waals surface area (Å²) in [5.41, 5.74) is 4.26. The highest BCUT2D eigenvalue weighted by atomic mass is 35.5. The maximum atomic E-state index is 11.9. The molecule has 0 saturated carbocycles. The number of rotatable bonds is 4. The van der Waals surface area contributed by atoms with Crippen LogP contribution in [0.5, 0.6) is 0 Å². The van der Waals surface area contributed by atoms with Crippen LogP contribution < -0.4 is 5.43 Å². The molecule has 0 radical (unpaired) electrons. The molecule has 0 atom stereocenters. The summed E-state index contributed by atoms with van der Waals surface area (Å²) in [5.74, 6) is -0.428. The van der Waals surface area contributed by atoms with Gasteiger partial charge in [-0.15, -0.1) is 0 Å². The minimum absolute atomic E-state index is 0.00683. The van der Waals surface area contributed by atoms with E-state index < -0.39 is 10.8 Å². The van der Waals surface area contributed by atoms with Crippen LogP contribution in [0.25, 0.3) is 0 Å². The number of carbonyl (C=O) groups excluding carboxylic acids is 1. The Morgan fingerprint density at radius 1 is 1.27 bits per heavy atom. The normalized spacial score (nSPS) is 10.6. The summed E-state index contributed by atoms with van der Waals surface area (Å²) in [6.07, 6.45) is 1.39. The lowest BCUT2D eigenvalue weighted by molar-refractivity contribution is -0.384. The van der Waals surface area contributed by atoms with Gasteiger partial charge in [-0.2, -0.15) is 5.10 Å². The largest absolute Gasteiger partial charge is 0.272 e. The second-order valence-corrected chi connectivity index (χ2v) is 4.94. The van der Waals surface area contributed by atoms with Crippen molar-refractivity contribution in [3.05, 3.63) is 74.3 Å². The molecule has 0 saturated heterocycles. The number of nitrogens with one attached hydrogen (secondary N) is 1. The summed E-state index contributed by atoms with van der Waals surface area (Å²) in [7, 11) is 0. The van der Waals surface area contributed by atoms with E-state index in [0.717, 1.165) is 5.56 Å². The minimum atomic E-state index is -0.484. The maximum absolute atomic E-state index is 11.9.